The van der Waals surface area contributed by atoms with Gasteiger partial charge in [-0.1, -0.05) is 72.0 Å². The molecule has 0 saturated heterocycles. The number of anilines is 1. The number of esters is 1. The summed E-state index contributed by atoms with van der Waals surface area (Å²) in [6.07, 6.45) is 0. The smallest absolute Gasteiger partial charge is 0.369 e. The van der Waals surface area contributed by atoms with E-state index < -0.39 is 12.0 Å². The van der Waals surface area contributed by atoms with E-state index >= 15 is 0 Å². The predicted octanol–water partition coefficient (Wildman–Crippen LogP) is 3.22. The van der Waals surface area contributed by atoms with Crippen molar-refractivity contribution in [2.45, 2.75) is 13.2 Å². The minimum atomic E-state index is -0.580. The number of aromatic nitrogens is 2. The molecular weight excluding hydrogens is 352 g/mol. The van der Waals surface area contributed by atoms with E-state index in [0.717, 1.165) is 22.5 Å². The molecule has 3 aromatic rings. The van der Waals surface area contributed by atoms with Crippen LogP contribution in [0, 0.1) is 0 Å². The summed E-state index contributed by atoms with van der Waals surface area (Å²) in [5.74, 6) is -0.580. The number of benzene rings is 2. The first-order valence-corrected chi connectivity index (χ1v) is 8.66. The molecule has 2 N–H and O–H groups in total. The topological polar surface area (TPSA) is 93.2 Å². The number of carbonyl (C=O) groups excluding carboxylic acids is 2. The number of ether oxygens (including phenoxy) is 1. The molecule has 132 valence electrons. The maximum absolute atomic E-state index is 12.0. The highest BCUT2D eigenvalue weighted by molar-refractivity contribution is 7.17. The lowest BCUT2D eigenvalue weighted by Crippen LogP contribution is -2.28. The number of carbonyl (C=O) groups is 2. The van der Waals surface area contributed by atoms with E-state index in [9.17, 15) is 9.59 Å². The van der Waals surface area contributed by atoms with Gasteiger partial charge in [0.2, 0.25) is 10.1 Å². The van der Waals surface area contributed by atoms with Gasteiger partial charge in [0.1, 0.15) is 6.61 Å². The van der Waals surface area contributed by atoms with Crippen LogP contribution in [-0.4, -0.2) is 22.2 Å². The van der Waals surface area contributed by atoms with Crippen molar-refractivity contribution >= 4 is 28.5 Å². The highest BCUT2D eigenvalue weighted by atomic mass is 32.1. The molecule has 0 aliphatic carbocycles. The minimum Gasteiger partial charge on any atom is -0.455 e. The first-order chi connectivity index (χ1) is 12.7. The Kier molecular flexibility index (Phi) is 5.89. The molecule has 0 aliphatic rings. The average Bonchev–Trinajstić information content (AvgIpc) is 3.14. The number of amides is 2. The molecule has 0 spiro atoms. The summed E-state index contributed by atoms with van der Waals surface area (Å²) in [6.45, 7) is 0.539. The van der Waals surface area contributed by atoms with E-state index in [2.05, 4.69) is 20.8 Å². The summed E-state index contributed by atoms with van der Waals surface area (Å²) < 4.78 is 5.18. The van der Waals surface area contributed by atoms with Crippen LogP contribution in [0.2, 0.25) is 0 Å². The van der Waals surface area contributed by atoms with Crippen molar-refractivity contribution in [1.29, 1.82) is 0 Å². The summed E-state index contributed by atoms with van der Waals surface area (Å²) in [4.78, 5) is 23.9. The largest absolute Gasteiger partial charge is 0.455 e. The van der Waals surface area contributed by atoms with Crippen molar-refractivity contribution in [1.82, 2.24) is 15.5 Å². The lowest BCUT2D eigenvalue weighted by molar-refractivity contribution is 0.0471. The molecule has 0 bridgehead atoms. The number of hydrogen-bond donors (Lipinski definition) is 2. The highest BCUT2D eigenvalue weighted by Crippen LogP contribution is 2.16. The number of urea groups is 1. The molecule has 2 amide bonds. The highest BCUT2D eigenvalue weighted by Gasteiger charge is 2.15. The molecule has 0 aliphatic heterocycles. The molecular formula is C18H16N4O3S. The molecule has 7 nitrogen and oxygen atoms in total. The van der Waals surface area contributed by atoms with Gasteiger partial charge in [0.15, 0.2) is 0 Å². The Balaban J connectivity index is 1.47. The number of nitrogens with zero attached hydrogens (tertiary/aromatic N) is 2. The van der Waals surface area contributed by atoms with Crippen molar-refractivity contribution in [3.63, 3.8) is 0 Å². The Hall–Kier alpha value is -3.26. The van der Waals surface area contributed by atoms with Gasteiger partial charge in [-0.3, -0.25) is 5.32 Å². The maximum atomic E-state index is 12.0. The minimum absolute atomic E-state index is 0.0827. The van der Waals surface area contributed by atoms with Crippen LogP contribution in [0.4, 0.5) is 9.93 Å². The van der Waals surface area contributed by atoms with E-state index in [1.54, 1.807) is 0 Å². The van der Waals surface area contributed by atoms with Crippen LogP contribution in [0.1, 0.15) is 20.9 Å². The zero-order valence-corrected chi connectivity index (χ0v) is 14.5. The number of nitrogens with one attached hydrogen (secondary N) is 2. The fraction of sp³-hybridized carbons (Fsp3) is 0.111. The Morgan fingerprint density at radius 3 is 2.27 bits per heavy atom. The zero-order valence-electron chi connectivity index (χ0n) is 13.7. The van der Waals surface area contributed by atoms with Crippen LogP contribution in [0.3, 0.4) is 0 Å². The summed E-state index contributed by atoms with van der Waals surface area (Å²) in [5.41, 5.74) is 1.86. The van der Waals surface area contributed by atoms with Gasteiger partial charge in [-0.25, -0.2) is 9.59 Å². The first-order valence-electron chi connectivity index (χ1n) is 7.84. The third-order valence-corrected chi connectivity index (χ3v) is 4.15. The van der Waals surface area contributed by atoms with Crippen molar-refractivity contribution in [2.24, 2.45) is 0 Å². The average molecular weight is 368 g/mol. The van der Waals surface area contributed by atoms with Gasteiger partial charge in [0, 0.05) is 6.54 Å². The lowest BCUT2D eigenvalue weighted by atomic mass is 10.2. The van der Waals surface area contributed by atoms with Crippen LogP contribution < -0.4 is 10.6 Å². The fourth-order valence-corrected chi connectivity index (χ4v) is 2.69. The molecule has 0 unspecified atom stereocenters. The van der Waals surface area contributed by atoms with Crippen LogP contribution in [0.15, 0.2) is 60.7 Å². The molecule has 0 radical (unpaired) electrons. The second kappa shape index (κ2) is 8.72. The van der Waals surface area contributed by atoms with Gasteiger partial charge < -0.3 is 10.1 Å². The molecule has 2 aromatic carbocycles. The van der Waals surface area contributed by atoms with Crippen molar-refractivity contribution < 1.29 is 14.3 Å². The van der Waals surface area contributed by atoms with Gasteiger partial charge in [-0.05, 0) is 11.1 Å². The van der Waals surface area contributed by atoms with Crippen molar-refractivity contribution in [2.75, 3.05) is 5.32 Å². The summed E-state index contributed by atoms with van der Waals surface area (Å²) in [7, 11) is 0. The van der Waals surface area contributed by atoms with Crippen LogP contribution in [0.25, 0.3) is 0 Å². The van der Waals surface area contributed by atoms with Crippen molar-refractivity contribution in [3.8, 4) is 0 Å². The molecule has 8 heteroatoms. The Morgan fingerprint density at radius 1 is 0.923 bits per heavy atom. The number of rotatable bonds is 6. The van der Waals surface area contributed by atoms with E-state index in [-0.39, 0.29) is 16.7 Å². The monoisotopic (exact) mass is 368 g/mol. The molecule has 0 saturated carbocycles. The Morgan fingerprint density at radius 2 is 1.58 bits per heavy atom. The van der Waals surface area contributed by atoms with Gasteiger partial charge >= 0.3 is 12.0 Å². The third kappa shape index (κ3) is 5.12. The fourth-order valence-electron chi connectivity index (χ4n) is 2.06. The molecule has 26 heavy (non-hydrogen) atoms. The third-order valence-electron chi connectivity index (χ3n) is 3.33. The van der Waals surface area contributed by atoms with Gasteiger partial charge in [-0.15, -0.1) is 10.2 Å². The van der Waals surface area contributed by atoms with Gasteiger partial charge in [-0.2, -0.15) is 0 Å². The normalized spacial score (nSPS) is 10.2. The predicted molar refractivity (Wildman–Crippen MR) is 97.8 cm³/mol. The standard InChI is InChI=1S/C18H16N4O3S/c23-16(25-12-14-9-5-2-6-10-14)15-21-22-18(26-15)20-17(24)19-11-13-7-3-1-4-8-13/h1-10H,11-12H2,(H2,19,20,22,24). The van der Waals surface area contributed by atoms with E-state index in [0.29, 0.717) is 6.54 Å². The Bertz CT molecular complexity index is 868. The molecule has 1 aromatic heterocycles. The second-order valence-electron chi connectivity index (χ2n) is 5.27. The SMILES string of the molecule is O=C(NCc1ccccc1)Nc1nnc(C(=O)OCc2ccccc2)s1. The zero-order chi connectivity index (χ0) is 18.2. The molecule has 0 atom stereocenters. The maximum Gasteiger partial charge on any atom is 0.369 e. The summed E-state index contributed by atoms with van der Waals surface area (Å²) in [6, 6.07) is 18.4. The van der Waals surface area contributed by atoms with Gasteiger partial charge in [0.25, 0.3) is 0 Å². The van der Waals surface area contributed by atoms with E-state index in [1.165, 1.54) is 0 Å². The Labute approximate surface area is 154 Å². The number of hydrogen-bond acceptors (Lipinski definition) is 6. The molecule has 0 fully saturated rings. The molecule has 1 heterocycles. The quantitative estimate of drug-likeness (QED) is 0.652. The second-order valence-corrected chi connectivity index (χ2v) is 6.24. The summed E-state index contributed by atoms with van der Waals surface area (Å²) >= 11 is 0.957. The van der Waals surface area contributed by atoms with E-state index in [1.807, 2.05) is 60.7 Å². The first kappa shape index (κ1) is 17.6. The van der Waals surface area contributed by atoms with Crippen LogP contribution >= 0.6 is 11.3 Å². The summed E-state index contributed by atoms with van der Waals surface area (Å²) in [5, 5.41) is 13.1. The van der Waals surface area contributed by atoms with Gasteiger partial charge in [0.05, 0.1) is 0 Å². The van der Waals surface area contributed by atoms with Crippen LogP contribution in [0.5, 0.6) is 0 Å². The van der Waals surface area contributed by atoms with Crippen LogP contribution in [-0.2, 0) is 17.9 Å². The van der Waals surface area contributed by atoms with E-state index in [4.69, 9.17) is 4.74 Å². The molecule has 3 rings (SSSR count). The van der Waals surface area contributed by atoms with Crippen molar-refractivity contribution in [3.05, 3.63) is 76.8 Å². The lowest BCUT2D eigenvalue weighted by Gasteiger charge is -2.04.